The Morgan fingerprint density at radius 2 is 1.94 bits per heavy atom. The van der Waals surface area contributed by atoms with Gasteiger partial charge in [-0.3, -0.25) is 9.00 Å². The Morgan fingerprint density at radius 3 is 2.50 bits per heavy atom. The Hall–Kier alpha value is -1.69. The topological polar surface area (TPSA) is 91.7 Å². The second-order valence-electron chi connectivity index (χ2n) is 3.13. The highest BCUT2D eigenvalue weighted by Crippen LogP contribution is 2.08. The normalized spacial score (nSPS) is 12.0. The van der Waals surface area contributed by atoms with Crippen LogP contribution < -0.4 is 0 Å². The number of hydrogen-bond donors (Lipinski definition) is 2. The predicted molar refractivity (Wildman–Crippen MR) is 57.8 cm³/mol. The monoisotopic (exact) mass is 242 g/mol. The molecular weight excluding hydrogens is 232 g/mol. The predicted octanol–water partition coefficient (Wildman–Crippen LogP) is 0.718. The molecule has 1 aromatic carbocycles. The van der Waals surface area contributed by atoms with Crippen molar-refractivity contribution >= 4 is 22.7 Å². The fourth-order valence-electron chi connectivity index (χ4n) is 1.17. The molecule has 0 aliphatic carbocycles. The first-order valence-corrected chi connectivity index (χ1v) is 5.87. The lowest BCUT2D eigenvalue weighted by Crippen LogP contribution is -2.11. The van der Waals surface area contributed by atoms with Crippen LogP contribution in [0, 0.1) is 0 Å². The zero-order valence-corrected chi connectivity index (χ0v) is 9.07. The minimum Gasteiger partial charge on any atom is -0.481 e. The molecule has 2 N–H and O–H groups in total. The van der Waals surface area contributed by atoms with Gasteiger partial charge in [-0.25, -0.2) is 4.79 Å². The number of carbonyl (C=O) groups is 2. The lowest BCUT2D eigenvalue weighted by atomic mass is 10.1. The van der Waals surface area contributed by atoms with Crippen LogP contribution >= 0.6 is 0 Å². The van der Waals surface area contributed by atoms with Gasteiger partial charge in [0.1, 0.15) is 5.75 Å². The first-order valence-electron chi connectivity index (χ1n) is 4.38. The highest BCUT2D eigenvalue weighted by Gasteiger charge is 2.08. The number of rotatable bonds is 5. The van der Waals surface area contributed by atoms with Crippen molar-refractivity contribution in [2.75, 3.05) is 5.75 Å². The average molecular weight is 242 g/mol. The SMILES string of the molecule is O=C(O)CS(=O)Cc1cccc(C(=O)O)c1. The van der Waals surface area contributed by atoms with Gasteiger partial charge in [-0.1, -0.05) is 12.1 Å². The summed E-state index contributed by atoms with van der Waals surface area (Å²) in [7, 11) is -1.52. The molecule has 0 saturated heterocycles. The molecule has 1 unspecified atom stereocenters. The molecule has 6 heteroatoms. The summed E-state index contributed by atoms with van der Waals surface area (Å²) in [6.45, 7) is 0. The van der Waals surface area contributed by atoms with Crippen LogP contribution in [0.5, 0.6) is 0 Å². The third-order valence-electron chi connectivity index (χ3n) is 1.79. The first-order chi connectivity index (χ1) is 7.49. The number of carboxylic acids is 2. The summed E-state index contributed by atoms with van der Waals surface area (Å²) >= 11 is 0. The van der Waals surface area contributed by atoms with E-state index in [0.717, 1.165) is 0 Å². The number of aliphatic carboxylic acids is 1. The quantitative estimate of drug-likeness (QED) is 0.793. The van der Waals surface area contributed by atoms with E-state index < -0.39 is 28.5 Å². The third-order valence-corrected chi connectivity index (χ3v) is 3.01. The molecule has 86 valence electrons. The third kappa shape index (κ3) is 3.82. The summed E-state index contributed by atoms with van der Waals surface area (Å²) < 4.78 is 11.3. The van der Waals surface area contributed by atoms with Gasteiger partial charge in [0.05, 0.1) is 5.56 Å². The summed E-state index contributed by atoms with van der Waals surface area (Å²) in [5.41, 5.74) is 0.657. The Labute approximate surface area is 94.2 Å². The number of carboxylic acid groups (broad SMARTS) is 2. The average Bonchev–Trinajstić information content (AvgIpc) is 2.16. The van der Waals surface area contributed by atoms with Crippen LogP contribution in [0.2, 0.25) is 0 Å². The van der Waals surface area contributed by atoms with Gasteiger partial charge >= 0.3 is 11.9 Å². The van der Waals surface area contributed by atoms with Crippen LogP contribution in [-0.2, 0) is 21.3 Å². The van der Waals surface area contributed by atoms with Gasteiger partial charge in [0, 0.05) is 16.6 Å². The van der Waals surface area contributed by atoms with Crippen molar-refractivity contribution in [3.8, 4) is 0 Å². The summed E-state index contributed by atoms with van der Waals surface area (Å²) in [4.78, 5) is 20.9. The fraction of sp³-hybridized carbons (Fsp3) is 0.200. The van der Waals surface area contributed by atoms with E-state index in [1.165, 1.54) is 18.2 Å². The van der Waals surface area contributed by atoms with Gasteiger partial charge in [0.15, 0.2) is 0 Å². The van der Waals surface area contributed by atoms with Gasteiger partial charge in [0.25, 0.3) is 0 Å². The molecule has 1 aromatic rings. The Kier molecular flexibility index (Phi) is 4.19. The highest BCUT2D eigenvalue weighted by molar-refractivity contribution is 7.84. The molecular formula is C10H10O5S. The minimum absolute atomic E-state index is 0.0490. The molecule has 16 heavy (non-hydrogen) atoms. The second kappa shape index (κ2) is 5.41. The van der Waals surface area contributed by atoms with Crippen LogP contribution in [0.4, 0.5) is 0 Å². The summed E-state index contributed by atoms with van der Waals surface area (Å²) in [6.07, 6.45) is 0. The van der Waals surface area contributed by atoms with Gasteiger partial charge in [0.2, 0.25) is 0 Å². The van der Waals surface area contributed by atoms with Crippen molar-refractivity contribution in [1.29, 1.82) is 0 Å². The highest BCUT2D eigenvalue weighted by atomic mass is 32.2. The molecule has 0 aliphatic heterocycles. The van der Waals surface area contributed by atoms with Gasteiger partial charge in [-0.2, -0.15) is 0 Å². The maximum absolute atomic E-state index is 11.3. The van der Waals surface area contributed by atoms with Crippen molar-refractivity contribution in [3.63, 3.8) is 0 Å². The van der Waals surface area contributed by atoms with Crippen LogP contribution in [-0.4, -0.2) is 32.1 Å². The van der Waals surface area contributed by atoms with Crippen molar-refractivity contribution in [2.45, 2.75) is 5.75 Å². The molecule has 0 aliphatic rings. The zero-order chi connectivity index (χ0) is 12.1. The molecule has 0 saturated carbocycles. The van der Waals surface area contributed by atoms with Gasteiger partial charge < -0.3 is 10.2 Å². The molecule has 5 nitrogen and oxygen atoms in total. The molecule has 0 spiro atoms. The van der Waals surface area contributed by atoms with Crippen LogP contribution in [0.3, 0.4) is 0 Å². The molecule has 1 atom stereocenters. The van der Waals surface area contributed by atoms with Gasteiger partial charge in [-0.05, 0) is 17.7 Å². The molecule has 0 amide bonds. The second-order valence-corrected chi connectivity index (χ2v) is 4.58. The Bertz CT molecular complexity index is 441. The summed E-state index contributed by atoms with van der Waals surface area (Å²) in [5, 5.41) is 17.1. The standard InChI is InChI=1S/C10H10O5S/c11-9(12)6-16(15)5-7-2-1-3-8(4-7)10(13)14/h1-4H,5-6H2,(H,11,12)(H,13,14). The summed E-state index contributed by atoms with van der Waals surface area (Å²) in [6, 6.07) is 5.97. The van der Waals surface area contributed by atoms with Crippen molar-refractivity contribution in [3.05, 3.63) is 35.4 Å². The molecule has 0 heterocycles. The number of benzene rings is 1. The van der Waals surface area contributed by atoms with E-state index in [1.54, 1.807) is 6.07 Å². The molecule has 1 rings (SSSR count). The van der Waals surface area contributed by atoms with Crippen molar-refractivity contribution in [1.82, 2.24) is 0 Å². The van der Waals surface area contributed by atoms with E-state index in [0.29, 0.717) is 5.56 Å². The van der Waals surface area contributed by atoms with Gasteiger partial charge in [-0.15, -0.1) is 0 Å². The zero-order valence-electron chi connectivity index (χ0n) is 8.25. The smallest absolute Gasteiger partial charge is 0.335 e. The van der Waals surface area contributed by atoms with Crippen molar-refractivity contribution < 1.29 is 24.0 Å². The Balaban J connectivity index is 2.74. The maximum Gasteiger partial charge on any atom is 0.335 e. The lowest BCUT2D eigenvalue weighted by molar-refractivity contribution is -0.133. The first kappa shape index (κ1) is 12.4. The minimum atomic E-state index is -1.52. The van der Waals surface area contributed by atoms with E-state index >= 15 is 0 Å². The molecule has 0 bridgehead atoms. The number of aromatic carboxylic acids is 1. The number of hydrogen-bond acceptors (Lipinski definition) is 3. The molecule has 0 radical (unpaired) electrons. The molecule has 0 fully saturated rings. The van der Waals surface area contributed by atoms with E-state index in [9.17, 15) is 13.8 Å². The largest absolute Gasteiger partial charge is 0.481 e. The van der Waals surface area contributed by atoms with E-state index in [1.807, 2.05) is 0 Å². The molecule has 0 aromatic heterocycles. The Morgan fingerprint density at radius 1 is 1.25 bits per heavy atom. The van der Waals surface area contributed by atoms with Crippen molar-refractivity contribution in [2.24, 2.45) is 0 Å². The van der Waals surface area contributed by atoms with Crippen LogP contribution in [0.1, 0.15) is 15.9 Å². The maximum atomic E-state index is 11.3. The van der Waals surface area contributed by atoms with E-state index in [2.05, 4.69) is 0 Å². The van der Waals surface area contributed by atoms with Crippen LogP contribution in [0.25, 0.3) is 0 Å². The van der Waals surface area contributed by atoms with E-state index in [-0.39, 0.29) is 11.3 Å². The fourth-order valence-corrected chi connectivity index (χ4v) is 2.10. The lowest BCUT2D eigenvalue weighted by Gasteiger charge is -2.01. The van der Waals surface area contributed by atoms with E-state index in [4.69, 9.17) is 10.2 Å². The summed E-state index contributed by atoms with van der Waals surface area (Å²) in [5.74, 6) is -2.58. The van der Waals surface area contributed by atoms with Crippen LogP contribution in [0.15, 0.2) is 24.3 Å².